The van der Waals surface area contributed by atoms with E-state index in [0.717, 1.165) is 5.56 Å². The Kier molecular flexibility index (Phi) is 7.73. The van der Waals surface area contributed by atoms with Gasteiger partial charge in [-0.3, -0.25) is 9.59 Å². The molecule has 0 bridgehead atoms. The third kappa shape index (κ3) is 6.99. The summed E-state index contributed by atoms with van der Waals surface area (Å²) in [6.45, 7) is 5.45. The Morgan fingerprint density at radius 2 is 1.76 bits per heavy atom. The van der Waals surface area contributed by atoms with Crippen LogP contribution in [0, 0.1) is 0 Å². The number of amides is 2. The van der Waals surface area contributed by atoms with Gasteiger partial charge < -0.3 is 20.5 Å². The normalized spacial score (nSPS) is 11.5. The van der Waals surface area contributed by atoms with Gasteiger partial charge in [0.1, 0.15) is 12.4 Å². The Balaban J connectivity index is 1.85. The number of rotatable bonds is 9. The predicted octanol–water partition coefficient (Wildman–Crippen LogP) is 2.93. The van der Waals surface area contributed by atoms with Gasteiger partial charge in [-0.2, -0.15) is 0 Å². The second-order valence-corrected chi connectivity index (χ2v) is 6.01. The quantitative estimate of drug-likeness (QED) is 0.386. The zero-order valence-corrected chi connectivity index (χ0v) is 16.0. The number of benzene rings is 2. The first-order chi connectivity index (χ1) is 13.9. The maximum absolute atomic E-state index is 12.1. The Morgan fingerprint density at radius 1 is 1.10 bits per heavy atom. The minimum Gasteiger partial charge on any atom is -0.490 e. The van der Waals surface area contributed by atoms with Crippen molar-refractivity contribution in [2.45, 2.75) is 13.0 Å². The molecule has 7 nitrogen and oxygen atoms in total. The average Bonchev–Trinajstić information content (AvgIpc) is 2.71. The maximum atomic E-state index is 12.1. The van der Waals surface area contributed by atoms with E-state index in [2.05, 4.69) is 11.9 Å². The number of esters is 1. The van der Waals surface area contributed by atoms with Gasteiger partial charge in [-0.15, -0.1) is 0 Å². The number of hydrogen-bond acceptors (Lipinski definition) is 5. The highest BCUT2D eigenvalue weighted by molar-refractivity contribution is 5.97. The Morgan fingerprint density at radius 3 is 2.34 bits per heavy atom. The van der Waals surface area contributed by atoms with E-state index in [1.54, 1.807) is 36.4 Å². The van der Waals surface area contributed by atoms with E-state index in [1.165, 1.54) is 37.3 Å². The van der Waals surface area contributed by atoms with Gasteiger partial charge in [0.25, 0.3) is 5.91 Å². The first kappa shape index (κ1) is 21.4. The van der Waals surface area contributed by atoms with Crippen LogP contribution in [0.5, 0.6) is 5.75 Å². The van der Waals surface area contributed by atoms with Crippen molar-refractivity contribution < 1.29 is 23.9 Å². The summed E-state index contributed by atoms with van der Waals surface area (Å²) in [5, 5.41) is 2.60. The average molecular weight is 394 g/mol. The molecule has 2 amide bonds. The highest BCUT2D eigenvalue weighted by Crippen LogP contribution is 2.14. The smallest absolute Gasteiger partial charge is 0.331 e. The van der Waals surface area contributed by atoms with E-state index in [9.17, 15) is 14.4 Å². The van der Waals surface area contributed by atoms with Gasteiger partial charge >= 0.3 is 5.97 Å². The number of nitrogens with two attached hydrogens (primary N) is 1. The molecule has 2 aromatic carbocycles. The first-order valence-corrected chi connectivity index (χ1v) is 8.82. The molecule has 7 heteroatoms. The number of ether oxygens (including phenoxy) is 2. The van der Waals surface area contributed by atoms with E-state index >= 15 is 0 Å². The minimum absolute atomic E-state index is 0.327. The van der Waals surface area contributed by atoms with Gasteiger partial charge in [-0.05, 0) is 55.0 Å². The second-order valence-electron chi connectivity index (χ2n) is 6.01. The fourth-order valence-corrected chi connectivity index (χ4v) is 2.22. The molecule has 2 aromatic rings. The monoisotopic (exact) mass is 394 g/mol. The zero-order valence-electron chi connectivity index (χ0n) is 16.0. The molecule has 1 atom stereocenters. The van der Waals surface area contributed by atoms with Crippen molar-refractivity contribution >= 4 is 29.5 Å². The van der Waals surface area contributed by atoms with Crippen LogP contribution in [0.15, 0.2) is 67.3 Å². The molecule has 2 rings (SSSR count). The van der Waals surface area contributed by atoms with Crippen molar-refractivity contribution in [3.05, 3.63) is 78.4 Å². The molecule has 0 fully saturated rings. The van der Waals surface area contributed by atoms with Crippen molar-refractivity contribution in [1.29, 1.82) is 0 Å². The van der Waals surface area contributed by atoms with Crippen molar-refractivity contribution in [3.63, 3.8) is 0 Å². The minimum atomic E-state index is -1.00. The van der Waals surface area contributed by atoms with Gasteiger partial charge in [-0.1, -0.05) is 24.8 Å². The molecule has 0 spiro atoms. The standard InChI is InChI=1S/C22H22N2O5/c1-3-14-28-19-11-4-16(5-12-19)6-13-20(25)29-15(2)22(27)24-18-9-7-17(8-10-18)21(23)26/h3-13,15H,1,14H2,2H3,(H2,23,26)(H,24,27)/b13-6+/t15-/m0/s1. The summed E-state index contributed by atoms with van der Waals surface area (Å²) in [7, 11) is 0. The van der Waals surface area contributed by atoms with Gasteiger partial charge in [0.05, 0.1) is 0 Å². The summed E-state index contributed by atoms with van der Waals surface area (Å²) >= 11 is 0. The molecule has 0 unspecified atom stereocenters. The van der Waals surface area contributed by atoms with Crippen molar-refractivity contribution in [1.82, 2.24) is 0 Å². The molecule has 0 aliphatic heterocycles. The van der Waals surface area contributed by atoms with Gasteiger partial charge in [-0.25, -0.2) is 4.79 Å². The molecule has 0 heterocycles. The van der Waals surface area contributed by atoms with E-state index in [0.29, 0.717) is 23.6 Å². The molecule has 0 saturated heterocycles. The van der Waals surface area contributed by atoms with E-state index < -0.39 is 23.9 Å². The van der Waals surface area contributed by atoms with Crippen LogP contribution in [0.3, 0.4) is 0 Å². The van der Waals surface area contributed by atoms with Crippen LogP contribution in [-0.2, 0) is 14.3 Å². The molecule has 3 N–H and O–H groups in total. The first-order valence-electron chi connectivity index (χ1n) is 8.82. The largest absolute Gasteiger partial charge is 0.490 e. The Bertz CT molecular complexity index is 902. The molecule has 0 radical (unpaired) electrons. The van der Waals surface area contributed by atoms with Crippen molar-refractivity contribution in [2.75, 3.05) is 11.9 Å². The number of carbonyl (C=O) groups is 3. The number of hydrogen-bond donors (Lipinski definition) is 2. The summed E-state index contributed by atoms with van der Waals surface area (Å²) in [5.41, 5.74) is 6.73. The molecule has 0 aliphatic carbocycles. The van der Waals surface area contributed by atoms with Crippen molar-refractivity contribution in [3.8, 4) is 5.75 Å². The van der Waals surface area contributed by atoms with Crippen LogP contribution in [-0.4, -0.2) is 30.5 Å². The second kappa shape index (κ2) is 10.5. The summed E-state index contributed by atoms with van der Waals surface area (Å²) in [6.07, 6.45) is 3.47. The lowest BCUT2D eigenvalue weighted by Gasteiger charge is -2.12. The summed E-state index contributed by atoms with van der Waals surface area (Å²) in [6, 6.07) is 13.2. The lowest BCUT2D eigenvalue weighted by molar-refractivity contribution is -0.148. The van der Waals surface area contributed by atoms with Gasteiger partial charge in [0, 0.05) is 17.3 Å². The lowest BCUT2D eigenvalue weighted by atomic mass is 10.2. The molecule has 0 saturated carbocycles. The predicted molar refractivity (Wildman–Crippen MR) is 110 cm³/mol. The molecule has 0 aliphatic rings. The third-order valence-corrected chi connectivity index (χ3v) is 3.76. The Labute approximate surface area is 168 Å². The van der Waals surface area contributed by atoms with E-state index in [1.807, 2.05) is 0 Å². The topological polar surface area (TPSA) is 108 Å². The molecular formula is C22H22N2O5. The fourth-order valence-electron chi connectivity index (χ4n) is 2.22. The summed E-state index contributed by atoms with van der Waals surface area (Å²) in [5.74, 6) is -1.01. The van der Waals surface area contributed by atoms with Gasteiger partial charge in [0.15, 0.2) is 6.10 Å². The van der Waals surface area contributed by atoms with Crippen LogP contribution < -0.4 is 15.8 Å². The van der Waals surface area contributed by atoms with Crippen molar-refractivity contribution in [2.24, 2.45) is 5.73 Å². The Hall–Kier alpha value is -3.87. The van der Waals surface area contributed by atoms with E-state index in [-0.39, 0.29) is 0 Å². The number of primary amides is 1. The number of carbonyl (C=O) groups excluding carboxylic acids is 3. The van der Waals surface area contributed by atoms with Crippen LogP contribution in [0.1, 0.15) is 22.8 Å². The number of anilines is 1. The summed E-state index contributed by atoms with van der Waals surface area (Å²) < 4.78 is 10.5. The SMILES string of the molecule is C=CCOc1ccc(/C=C/C(=O)O[C@@H](C)C(=O)Nc2ccc(C(N)=O)cc2)cc1. The van der Waals surface area contributed by atoms with Crippen LogP contribution in [0.2, 0.25) is 0 Å². The molecule has 150 valence electrons. The molecular weight excluding hydrogens is 372 g/mol. The third-order valence-electron chi connectivity index (χ3n) is 3.76. The summed E-state index contributed by atoms with van der Waals surface area (Å²) in [4.78, 5) is 35.1. The van der Waals surface area contributed by atoms with Crippen LogP contribution in [0.25, 0.3) is 6.08 Å². The highest BCUT2D eigenvalue weighted by atomic mass is 16.5. The zero-order chi connectivity index (χ0) is 21.2. The maximum Gasteiger partial charge on any atom is 0.331 e. The number of nitrogens with one attached hydrogen (secondary N) is 1. The molecule has 0 aromatic heterocycles. The lowest BCUT2D eigenvalue weighted by Crippen LogP contribution is -2.29. The fraction of sp³-hybridized carbons (Fsp3) is 0.136. The van der Waals surface area contributed by atoms with Crippen LogP contribution >= 0.6 is 0 Å². The molecule has 29 heavy (non-hydrogen) atoms. The highest BCUT2D eigenvalue weighted by Gasteiger charge is 2.16. The van der Waals surface area contributed by atoms with Gasteiger partial charge in [0.2, 0.25) is 5.91 Å². The van der Waals surface area contributed by atoms with E-state index in [4.69, 9.17) is 15.2 Å². The van der Waals surface area contributed by atoms with Crippen LogP contribution in [0.4, 0.5) is 5.69 Å².